The second-order valence-electron chi connectivity index (χ2n) is 4.97. The molecule has 1 heterocycles. The number of hydrogen-bond donors (Lipinski definition) is 1. The first-order valence-electron chi connectivity index (χ1n) is 6.45. The van der Waals surface area contributed by atoms with Gasteiger partial charge in [-0.15, -0.1) is 0 Å². The van der Waals surface area contributed by atoms with Crippen LogP contribution in [-0.4, -0.2) is 43.3 Å². The lowest BCUT2D eigenvalue weighted by Gasteiger charge is -2.35. The molecule has 0 amide bonds. The van der Waals surface area contributed by atoms with E-state index in [4.69, 9.17) is 0 Å². The van der Waals surface area contributed by atoms with E-state index in [-0.39, 0.29) is 0 Å². The van der Waals surface area contributed by atoms with Gasteiger partial charge in [-0.05, 0) is 51.7 Å². The number of nitrogens with zero attached hydrogens (tertiary/aromatic N) is 1. The van der Waals surface area contributed by atoms with E-state index in [9.17, 15) is 13.2 Å². The van der Waals surface area contributed by atoms with Crippen LogP contribution < -0.4 is 5.32 Å². The lowest BCUT2D eigenvalue weighted by Crippen LogP contribution is -2.44. The molecule has 1 unspecified atom stereocenters. The molecule has 0 aromatic rings. The smallest absolute Gasteiger partial charge is 0.314 e. The van der Waals surface area contributed by atoms with Gasteiger partial charge in [-0.2, -0.15) is 13.2 Å². The van der Waals surface area contributed by atoms with Crippen molar-refractivity contribution in [2.45, 2.75) is 45.3 Å². The Kier molecular flexibility index (Phi) is 5.73. The van der Waals surface area contributed by atoms with Gasteiger partial charge in [-0.1, -0.05) is 6.92 Å². The standard InChI is InChI=1S/C12H23F3N2/c1-3-6-16-10(2)11-4-7-17(8-5-11)9-12(13,14)15/h10-11,16H,3-9H2,1-2H3. The maximum Gasteiger partial charge on any atom is 0.401 e. The average Bonchev–Trinajstić information content (AvgIpc) is 2.24. The zero-order valence-corrected chi connectivity index (χ0v) is 10.7. The topological polar surface area (TPSA) is 15.3 Å². The van der Waals surface area contributed by atoms with Crippen molar-refractivity contribution in [2.24, 2.45) is 5.92 Å². The Morgan fingerprint density at radius 1 is 1.29 bits per heavy atom. The quantitative estimate of drug-likeness (QED) is 0.809. The highest BCUT2D eigenvalue weighted by Crippen LogP contribution is 2.24. The lowest BCUT2D eigenvalue weighted by atomic mass is 9.90. The summed E-state index contributed by atoms with van der Waals surface area (Å²) in [7, 11) is 0. The molecule has 0 spiro atoms. The monoisotopic (exact) mass is 252 g/mol. The molecule has 1 N–H and O–H groups in total. The van der Waals surface area contributed by atoms with E-state index >= 15 is 0 Å². The van der Waals surface area contributed by atoms with Gasteiger partial charge in [0, 0.05) is 6.04 Å². The molecule has 1 saturated heterocycles. The van der Waals surface area contributed by atoms with Gasteiger partial charge in [-0.25, -0.2) is 0 Å². The molecule has 0 aromatic heterocycles. The van der Waals surface area contributed by atoms with E-state index in [0.29, 0.717) is 25.0 Å². The van der Waals surface area contributed by atoms with Crippen molar-refractivity contribution in [3.8, 4) is 0 Å². The summed E-state index contributed by atoms with van der Waals surface area (Å²) in [6.45, 7) is 5.64. The Labute approximate surface area is 102 Å². The van der Waals surface area contributed by atoms with Gasteiger partial charge >= 0.3 is 6.18 Å². The fourth-order valence-corrected chi connectivity index (χ4v) is 2.40. The second-order valence-corrected chi connectivity index (χ2v) is 4.97. The van der Waals surface area contributed by atoms with Crippen molar-refractivity contribution < 1.29 is 13.2 Å². The van der Waals surface area contributed by atoms with Crippen LogP contribution in [0.25, 0.3) is 0 Å². The predicted octanol–water partition coefficient (Wildman–Crippen LogP) is 2.65. The van der Waals surface area contributed by atoms with Crippen LogP contribution in [0.3, 0.4) is 0 Å². The summed E-state index contributed by atoms with van der Waals surface area (Å²) in [5, 5.41) is 3.42. The minimum atomic E-state index is -4.06. The molecule has 5 heteroatoms. The summed E-state index contributed by atoms with van der Waals surface area (Å²) < 4.78 is 36.6. The minimum absolute atomic E-state index is 0.419. The molecule has 0 saturated carbocycles. The Morgan fingerprint density at radius 3 is 2.35 bits per heavy atom. The Morgan fingerprint density at radius 2 is 1.88 bits per heavy atom. The van der Waals surface area contributed by atoms with Crippen molar-refractivity contribution in [3.05, 3.63) is 0 Å². The molecule has 1 rings (SSSR count). The molecule has 0 bridgehead atoms. The van der Waals surface area contributed by atoms with Crippen LogP contribution in [0.2, 0.25) is 0 Å². The highest BCUT2D eigenvalue weighted by atomic mass is 19.4. The normalized spacial score (nSPS) is 21.7. The molecule has 102 valence electrons. The molecule has 0 aromatic carbocycles. The third-order valence-electron chi connectivity index (χ3n) is 3.46. The first kappa shape index (κ1) is 14.8. The van der Waals surface area contributed by atoms with E-state index < -0.39 is 12.7 Å². The second kappa shape index (κ2) is 6.59. The number of rotatable bonds is 5. The van der Waals surface area contributed by atoms with Crippen molar-refractivity contribution in [3.63, 3.8) is 0 Å². The first-order valence-corrected chi connectivity index (χ1v) is 6.45. The summed E-state index contributed by atoms with van der Waals surface area (Å²) in [5.74, 6) is 0.519. The fraction of sp³-hybridized carbons (Fsp3) is 1.00. The Hall–Kier alpha value is -0.290. The third kappa shape index (κ3) is 5.73. The number of halogens is 3. The molecule has 17 heavy (non-hydrogen) atoms. The van der Waals surface area contributed by atoms with Gasteiger partial charge in [0.25, 0.3) is 0 Å². The summed E-state index contributed by atoms with van der Waals surface area (Å²) in [5.41, 5.74) is 0. The van der Waals surface area contributed by atoms with Crippen LogP contribution in [0, 0.1) is 5.92 Å². The van der Waals surface area contributed by atoms with Crippen LogP contribution >= 0.6 is 0 Å². The Bertz CT molecular complexity index is 210. The minimum Gasteiger partial charge on any atom is -0.314 e. The zero-order chi connectivity index (χ0) is 12.9. The van der Waals surface area contributed by atoms with E-state index in [1.807, 2.05) is 0 Å². The van der Waals surface area contributed by atoms with Gasteiger partial charge in [0.1, 0.15) is 0 Å². The fourth-order valence-electron chi connectivity index (χ4n) is 2.40. The average molecular weight is 252 g/mol. The van der Waals surface area contributed by atoms with Crippen LogP contribution in [-0.2, 0) is 0 Å². The van der Waals surface area contributed by atoms with E-state index in [1.165, 1.54) is 4.90 Å². The summed E-state index contributed by atoms with van der Waals surface area (Å²) >= 11 is 0. The highest BCUT2D eigenvalue weighted by molar-refractivity contribution is 4.80. The van der Waals surface area contributed by atoms with Gasteiger partial charge in [0.05, 0.1) is 6.54 Å². The van der Waals surface area contributed by atoms with Crippen LogP contribution in [0.15, 0.2) is 0 Å². The van der Waals surface area contributed by atoms with Crippen molar-refractivity contribution in [1.82, 2.24) is 10.2 Å². The predicted molar refractivity (Wildman–Crippen MR) is 63.0 cm³/mol. The molecule has 1 aliphatic heterocycles. The summed E-state index contributed by atoms with van der Waals surface area (Å²) in [4.78, 5) is 1.52. The molecule has 0 radical (unpaired) electrons. The third-order valence-corrected chi connectivity index (χ3v) is 3.46. The largest absolute Gasteiger partial charge is 0.401 e. The molecular formula is C12H23F3N2. The lowest BCUT2D eigenvalue weighted by molar-refractivity contribution is -0.148. The SMILES string of the molecule is CCCNC(C)C1CCN(CC(F)(F)F)CC1. The molecule has 1 atom stereocenters. The Balaban J connectivity index is 2.25. The molecular weight excluding hydrogens is 229 g/mol. The van der Waals surface area contributed by atoms with Crippen LogP contribution in [0.4, 0.5) is 13.2 Å². The molecule has 1 fully saturated rings. The van der Waals surface area contributed by atoms with Crippen molar-refractivity contribution in [2.75, 3.05) is 26.2 Å². The van der Waals surface area contributed by atoms with Gasteiger partial charge < -0.3 is 5.32 Å². The van der Waals surface area contributed by atoms with E-state index in [1.54, 1.807) is 0 Å². The number of hydrogen-bond acceptors (Lipinski definition) is 2. The van der Waals surface area contributed by atoms with E-state index in [0.717, 1.165) is 25.8 Å². The van der Waals surface area contributed by atoms with Gasteiger partial charge in [-0.3, -0.25) is 4.90 Å². The number of nitrogens with one attached hydrogen (secondary N) is 1. The maximum absolute atomic E-state index is 12.2. The van der Waals surface area contributed by atoms with Gasteiger partial charge in [0.2, 0.25) is 0 Å². The van der Waals surface area contributed by atoms with Crippen molar-refractivity contribution in [1.29, 1.82) is 0 Å². The highest BCUT2D eigenvalue weighted by Gasteiger charge is 2.33. The number of likely N-dealkylation sites (tertiary alicyclic amines) is 1. The molecule has 0 aliphatic carbocycles. The molecule has 2 nitrogen and oxygen atoms in total. The van der Waals surface area contributed by atoms with Crippen LogP contribution in [0.1, 0.15) is 33.1 Å². The maximum atomic E-state index is 12.2. The number of piperidine rings is 1. The summed E-state index contributed by atoms with van der Waals surface area (Å²) in [6, 6.07) is 0.419. The first-order chi connectivity index (χ1) is 7.92. The zero-order valence-electron chi connectivity index (χ0n) is 10.7. The number of alkyl halides is 3. The van der Waals surface area contributed by atoms with Gasteiger partial charge in [0.15, 0.2) is 0 Å². The molecule has 1 aliphatic rings. The van der Waals surface area contributed by atoms with E-state index in [2.05, 4.69) is 19.2 Å². The summed E-state index contributed by atoms with van der Waals surface area (Å²) in [6.07, 6.45) is -1.22. The van der Waals surface area contributed by atoms with Crippen molar-refractivity contribution >= 4 is 0 Å². The van der Waals surface area contributed by atoms with Crippen LogP contribution in [0.5, 0.6) is 0 Å².